The highest BCUT2D eigenvalue weighted by Crippen LogP contribution is 2.45. The maximum atomic E-state index is 15.5. The van der Waals surface area contributed by atoms with Gasteiger partial charge in [-0.2, -0.15) is 13.2 Å². The number of ether oxygens (including phenoxy) is 2. The van der Waals surface area contributed by atoms with Gasteiger partial charge in [0, 0.05) is 29.7 Å². The highest BCUT2D eigenvalue weighted by Gasteiger charge is 2.38. The summed E-state index contributed by atoms with van der Waals surface area (Å²) in [7, 11) is 1.40. The lowest BCUT2D eigenvalue weighted by Crippen LogP contribution is -2.36. The lowest BCUT2D eigenvalue weighted by molar-refractivity contribution is -0.143. The first-order valence-electron chi connectivity index (χ1n) is 15.5. The van der Waals surface area contributed by atoms with Crippen molar-refractivity contribution < 1.29 is 36.2 Å². The number of rotatable bonds is 12. The molecule has 1 aromatic heterocycles. The third kappa shape index (κ3) is 7.29. The van der Waals surface area contributed by atoms with Crippen LogP contribution in [0.2, 0.25) is 0 Å². The molecule has 2 unspecified atom stereocenters. The summed E-state index contributed by atoms with van der Waals surface area (Å²) < 4.78 is 85.0. The molecule has 2 heterocycles. The van der Waals surface area contributed by atoms with E-state index in [1.54, 1.807) is 13.8 Å². The van der Waals surface area contributed by atoms with E-state index in [1.807, 2.05) is 30.3 Å². The van der Waals surface area contributed by atoms with Crippen molar-refractivity contribution in [3.63, 3.8) is 0 Å². The van der Waals surface area contributed by atoms with Crippen molar-refractivity contribution in [1.29, 1.82) is 0 Å². The van der Waals surface area contributed by atoms with Crippen molar-refractivity contribution >= 4 is 17.7 Å². The van der Waals surface area contributed by atoms with Crippen molar-refractivity contribution in [2.45, 2.75) is 56.4 Å². The Morgan fingerprint density at radius 3 is 2.48 bits per heavy atom. The van der Waals surface area contributed by atoms with E-state index in [1.165, 1.54) is 35.6 Å². The predicted molar refractivity (Wildman–Crippen MR) is 174 cm³/mol. The number of carbonyl (C=O) groups excluding carboxylic acids is 1. The summed E-state index contributed by atoms with van der Waals surface area (Å²) in [6.45, 7) is 3.94. The minimum atomic E-state index is -4.83. The Hall–Kier alpha value is -4.16. The van der Waals surface area contributed by atoms with Crippen LogP contribution in [0.25, 0.3) is 11.1 Å². The van der Waals surface area contributed by atoms with Gasteiger partial charge in [-0.3, -0.25) is 14.2 Å². The quantitative estimate of drug-likeness (QED) is 0.0925. The molecule has 0 bridgehead atoms. The van der Waals surface area contributed by atoms with Crippen LogP contribution in [0.1, 0.15) is 59.7 Å². The second kappa shape index (κ2) is 14.9. The summed E-state index contributed by atoms with van der Waals surface area (Å²) in [5, 5.41) is 3.86. The predicted octanol–water partition coefficient (Wildman–Crippen LogP) is 8.04. The van der Waals surface area contributed by atoms with E-state index in [-0.39, 0.29) is 41.4 Å². The van der Waals surface area contributed by atoms with Crippen LogP contribution in [-0.2, 0) is 22.1 Å². The number of benzene rings is 3. The Morgan fingerprint density at radius 1 is 1.04 bits per heavy atom. The van der Waals surface area contributed by atoms with Crippen LogP contribution in [0.5, 0.6) is 5.75 Å². The average molecular weight is 687 g/mol. The smallest absolute Gasteiger partial charge is 0.416 e. The molecule has 0 amide bonds. The van der Waals surface area contributed by atoms with Gasteiger partial charge in [-0.05, 0) is 73.8 Å². The zero-order valence-corrected chi connectivity index (χ0v) is 27.4. The van der Waals surface area contributed by atoms with Crippen LogP contribution in [0.15, 0.2) is 76.6 Å². The fourth-order valence-electron chi connectivity index (χ4n) is 6.16. The van der Waals surface area contributed by atoms with E-state index in [0.717, 1.165) is 29.8 Å². The van der Waals surface area contributed by atoms with Crippen molar-refractivity contribution in [1.82, 2.24) is 9.88 Å². The average Bonchev–Trinajstić information content (AvgIpc) is 3.49. The first-order valence-corrected chi connectivity index (χ1v) is 16.5. The van der Waals surface area contributed by atoms with Crippen molar-refractivity contribution in [3.05, 3.63) is 117 Å². The van der Waals surface area contributed by atoms with Crippen molar-refractivity contribution in [2.24, 2.45) is 0 Å². The maximum absolute atomic E-state index is 15.5. The molecule has 254 valence electrons. The van der Waals surface area contributed by atoms with Gasteiger partial charge in [0.2, 0.25) is 0 Å². The van der Waals surface area contributed by atoms with Gasteiger partial charge in [-0.25, -0.2) is 8.78 Å². The molecule has 4 aromatic rings. The Kier molecular flexibility index (Phi) is 10.9. The first-order chi connectivity index (χ1) is 23.0. The summed E-state index contributed by atoms with van der Waals surface area (Å²) in [6.07, 6.45) is -4.67. The van der Waals surface area contributed by atoms with Gasteiger partial charge in [0.15, 0.2) is 0 Å². The van der Waals surface area contributed by atoms with Crippen LogP contribution >= 0.6 is 11.8 Å². The van der Waals surface area contributed by atoms with Crippen LogP contribution in [-0.4, -0.2) is 36.6 Å². The van der Waals surface area contributed by atoms with Gasteiger partial charge < -0.3 is 14.8 Å². The molecule has 0 aliphatic carbocycles. The largest absolute Gasteiger partial charge is 0.497 e. The zero-order valence-electron chi connectivity index (χ0n) is 26.6. The number of nitrogens with one attached hydrogen (secondary N) is 1. The molecule has 6 nitrogen and oxygen atoms in total. The van der Waals surface area contributed by atoms with Crippen molar-refractivity contribution in [3.8, 4) is 16.9 Å². The molecule has 0 saturated heterocycles. The van der Waals surface area contributed by atoms with Gasteiger partial charge in [-0.1, -0.05) is 36.4 Å². The van der Waals surface area contributed by atoms with E-state index in [4.69, 9.17) is 9.47 Å². The van der Waals surface area contributed by atoms with Crippen LogP contribution in [0.4, 0.5) is 22.0 Å². The highest BCUT2D eigenvalue weighted by molar-refractivity contribution is 7.99. The van der Waals surface area contributed by atoms with E-state index < -0.39 is 53.0 Å². The molecule has 0 saturated carbocycles. The fraction of sp³-hybridized carbons (Fsp3) is 0.333. The SMILES string of the molecule is CCOC(=O)CCCNC(c1ccccc1)C1CSc2c(Cc3c(F)cccc3C(F)(F)F)c(C)c(-c3cc(OC)ccc3F)c(=O)n21. The maximum Gasteiger partial charge on any atom is 0.416 e. The minimum Gasteiger partial charge on any atom is -0.497 e. The number of thioether (sulfide) groups is 1. The topological polar surface area (TPSA) is 69.6 Å². The summed E-state index contributed by atoms with van der Waals surface area (Å²) in [5.41, 5.74) is -0.955. The third-order valence-electron chi connectivity index (χ3n) is 8.45. The van der Waals surface area contributed by atoms with Gasteiger partial charge in [0.1, 0.15) is 17.4 Å². The Balaban J connectivity index is 1.69. The monoisotopic (exact) mass is 686 g/mol. The van der Waals surface area contributed by atoms with Crippen molar-refractivity contribution in [2.75, 3.05) is 26.0 Å². The minimum absolute atomic E-state index is 0.0447. The molecule has 3 aromatic carbocycles. The second-order valence-corrected chi connectivity index (χ2v) is 12.4. The summed E-state index contributed by atoms with van der Waals surface area (Å²) in [4.78, 5) is 26.5. The number of halogens is 5. The summed E-state index contributed by atoms with van der Waals surface area (Å²) >= 11 is 1.29. The van der Waals surface area contributed by atoms with Gasteiger partial charge in [0.05, 0.1) is 42.0 Å². The second-order valence-electron chi connectivity index (χ2n) is 11.4. The number of hydrogen-bond donors (Lipinski definition) is 1. The first kappa shape index (κ1) is 35.2. The molecule has 5 rings (SSSR count). The molecule has 1 N–H and O–H groups in total. The lowest BCUT2D eigenvalue weighted by atomic mass is 9.91. The van der Waals surface area contributed by atoms with E-state index in [0.29, 0.717) is 29.3 Å². The molecular weight excluding hydrogens is 651 g/mol. The standard InChI is InChI=1S/C36H35F5N2O4S/c1-4-47-31(44)14-9-17-42-33(22-10-6-5-7-11-22)30-20-48-35-24(19-25-27(36(39,40)41)12-8-13-28(25)37)21(2)32(34(45)43(30)35)26-18-23(46-3)15-16-29(26)38/h5-8,10-13,15-16,18,30,33,42H,4,9,14,17,19-20H2,1-3H3. The lowest BCUT2D eigenvalue weighted by Gasteiger charge is -2.28. The fourth-order valence-corrected chi connectivity index (χ4v) is 7.59. The number of alkyl halides is 3. The van der Waals surface area contributed by atoms with E-state index in [9.17, 15) is 22.8 Å². The third-order valence-corrected chi connectivity index (χ3v) is 9.68. The Morgan fingerprint density at radius 2 is 1.79 bits per heavy atom. The highest BCUT2D eigenvalue weighted by atomic mass is 32.2. The molecule has 0 radical (unpaired) electrons. The van der Waals surface area contributed by atoms with E-state index in [2.05, 4.69) is 5.32 Å². The summed E-state index contributed by atoms with van der Waals surface area (Å²) in [6, 6.07) is 15.0. The Labute approximate surface area is 279 Å². The number of hydrogen-bond acceptors (Lipinski definition) is 6. The molecule has 0 fully saturated rings. The van der Waals surface area contributed by atoms with Gasteiger partial charge in [0.25, 0.3) is 5.56 Å². The number of carbonyl (C=O) groups is 1. The number of methoxy groups -OCH3 is 1. The summed E-state index contributed by atoms with van der Waals surface area (Å²) in [5.74, 6) is -1.46. The van der Waals surface area contributed by atoms with Gasteiger partial charge >= 0.3 is 12.1 Å². The van der Waals surface area contributed by atoms with Crippen LogP contribution in [0, 0.1) is 18.6 Å². The molecule has 12 heteroatoms. The van der Waals surface area contributed by atoms with Crippen LogP contribution in [0.3, 0.4) is 0 Å². The Bertz CT molecular complexity index is 1850. The number of aromatic nitrogens is 1. The molecule has 1 aliphatic heterocycles. The van der Waals surface area contributed by atoms with E-state index >= 15 is 8.78 Å². The molecule has 0 spiro atoms. The molecule has 1 aliphatic rings. The number of nitrogens with zero attached hydrogens (tertiary/aromatic N) is 1. The number of fused-ring (bicyclic) bond motifs is 1. The molecule has 48 heavy (non-hydrogen) atoms. The molecular formula is C36H35F5N2O4S. The number of esters is 1. The van der Waals surface area contributed by atoms with Crippen LogP contribution < -0.4 is 15.6 Å². The number of pyridine rings is 1. The van der Waals surface area contributed by atoms with Gasteiger partial charge in [-0.15, -0.1) is 11.8 Å². The zero-order chi connectivity index (χ0) is 34.6. The normalized spacial score (nSPS) is 14.9. The molecule has 2 atom stereocenters.